The average Bonchev–Trinajstić information content (AvgIpc) is 3.38. The molecule has 2 aromatic rings. The number of aryl methyl sites for hydroxylation is 1. The molecule has 112 valence electrons. The van der Waals surface area contributed by atoms with Gasteiger partial charge in [-0.1, -0.05) is 0 Å². The first-order valence-electron chi connectivity index (χ1n) is 7.96. The van der Waals surface area contributed by atoms with Gasteiger partial charge >= 0.3 is 0 Å². The molecule has 0 aliphatic heterocycles. The molecule has 6 nitrogen and oxygen atoms in total. The molecule has 6 heteroatoms. The first kappa shape index (κ1) is 13.0. The maximum absolute atomic E-state index is 5.82. The number of hydrogen-bond donors (Lipinski definition) is 1. The van der Waals surface area contributed by atoms with E-state index in [0.717, 1.165) is 36.1 Å². The van der Waals surface area contributed by atoms with Gasteiger partial charge in [-0.25, -0.2) is 15.0 Å². The molecule has 2 heterocycles. The third-order valence-corrected chi connectivity index (χ3v) is 4.53. The van der Waals surface area contributed by atoms with Gasteiger partial charge in [-0.05, 0) is 38.0 Å². The highest BCUT2D eigenvalue weighted by molar-refractivity contribution is 5.80. The number of nitrogen functional groups attached to an aromatic ring is 1. The molecule has 2 aliphatic carbocycles. The second kappa shape index (κ2) is 5.26. The van der Waals surface area contributed by atoms with Gasteiger partial charge in [0.15, 0.2) is 11.5 Å². The van der Waals surface area contributed by atoms with Gasteiger partial charge < -0.3 is 15.2 Å². The lowest BCUT2D eigenvalue weighted by Crippen LogP contribution is -2.30. The Balaban J connectivity index is 1.37. The number of rotatable bonds is 7. The van der Waals surface area contributed by atoms with Crippen molar-refractivity contribution >= 4 is 17.0 Å². The summed E-state index contributed by atoms with van der Waals surface area (Å²) in [6.45, 7) is 3.44. The van der Waals surface area contributed by atoms with E-state index in [9.17, 15) is 0 Å². The first-order valence-corrected chi connectivity index (χ1v) is 7.96. The summed E-state index contributed by atoms with van der Waals surface area (Å²) in [6.07, 6.45) is 10.1. The molecule has 0 spiro atoms. The minimum atomic E-state index is 0.465. The van der Waals surface area contributed by atoms with Gasteiger partial charge in [-0.2, -0.15) is 0 Å². The molecule has 0 amide bonds. The minimum absolute atomic E-state index is 0.465. The first-order chi connectivity index (χ1) is 10.3. The van der Waals surface area contributed by atoms with E-state index in [1.165, 1.54) is 45.1 Å². The van der Waals surface area contributed by atoms with Crippen LogP contribution >= 0.6 is 0 Å². The van der Waals surface area contributed by atoms with E-state index in [4.69, 9.17) is 5.73 Å². The topological polar surface area (TPSA) is 72.9 Å². The van der Waals surface area contributed by atoms with E-state index in [1.807, 2.05) is 6.33 Å². The van der Waals surface area contributed by atoms with Crippen LogP contribution in [0, 0.1) is 5.92 Å². The van der Waals surface area contributed by atoms with Crippen molar-refractivity contribution in [3.63, 3.8) is 0 Å². The molecule has 21 heavy (non-hydrogen) atoms. The normalized spacial score (nSPS) is 18.7. The number of anilines is 1. The molecule has 2 N–H and O–H groups in total. The van der Waals surface area contributed by atoms with Crippen LogP contribution in [0.5, 0.6) is 0 Å². The highest BCUT2D eigenvalue weighted by Crippen LogP contribution is 2.34. The van der Waals surface area contributed by atoms with E-state index in [-0.39, 0.29) is 0 Å². The van der Waals surface area contributed by atoms with E-state index in [1.54, 1.807) is 0 Å². The van der Waals surface area contributed by atoms with Crippen molar-refractivity contribution < 1.29 is 0 Å². The van der Waals surface area contributed by atoms with E-state index < -0.39 is 0 Å². The molecular weight excluding hydrogens is 264 g/mol. The van der Waals surface area contributed by atoms with Gasteiger partial charge in [0.1, 0.15) is 11.8 Å². The van der Waals surface area contributed by atoms with Crippen molar-refractivity contribution in [2.75, 3.05) is 18.8 Å². The lowest BCUT2D eigenvalue weighted by Gasteiger charge is -2.21. The Labute approximate surface area is 124 Å². The van der Waals surface area contributed by atoms with Crippen LogP contribution < -0.4 is 5.73 Å². The minimum Gasteiger partial charge on any atom is -0.382 e. The molecule has 4 rings (SSSR count). The SMILES string of the molecule is Nc1ncnc2c1ncn2CCCN(CC1CC1)C1CC1. The fourth-order valence-corrected chi connectivity index (χ4v) is 3.00. The maximum atomic E-state index is 5.82. The average molecular weight is 286 g/mol. The van der Waals surface area contributed by atoms with Crippen LogP contribution in [0.25, 0.3) is 11.2 Å². The molecule has 0 radical (unpaired) electrons. The Bertz CT molecular complexity index is 628. The Morgan fingerprint density at radius 2 is 2.05 bits per heavy atom. The number of nitrogens with two attached hydrogens (primary N) is 1. The van der Waals surface area contributed by atoms with Crippen LogP contribution in [0.2, 0.25) is 0 Å². The largest absolute Gasteiger partial charge is 0.382 e. The molecule has 2 saturated carbocycles. The smallest absolute Gasteiger partial charge is 0.165 e. The quantitative estimate of drug-likeness (QED) is 0.838. The monoisotopic (exact) mass is 286 g/mol. The van der Waals surface area contributed by atoms with E-state index >= 15 is 0 Å². The van der Waals surface area contributed by atoms with Crippen LogP contribution in [0.15, 0.2) is 12.7 Å². The van der Waals surface area contributed by atoms with Crippen molar-refractivity contribution in [3.05, 3.63) is 12.7 Å². The van der Waals surface area contributed by atoms with Crippen molar-refractivity contribution in [3.8, 4) is 0 Å². The van der Waals surface area contributed by atoms with Gasteiger partial charge in [-0.3, -0.25) is 0 Å². The zero-order chi connectivity index (χ0) is 14.2. The number of hydrogen-bond acceptors (Lipinski definition) is 5. The lowest BCUT2D eigenvalue weighted by atomic mass is 10.3. The standard InChI is InChI=1S/C15H22N6/c16-14-13-15(18-9-17-14)21(10-19-13)7-1-6-20(12-4-5-12)8-11-2-3-11/h9-12H,1-8H2,(H2,16,17,18). The van der Waals surface area contributed by atoms with Crippen molar-refractivity contribution in [1.82, 2.24) is 24.4 Å². The van der Waals surface area contributed by atoms with Crippen LogP contribution in [0.1, 0.15) is 32.1 Å². The maximum Gasteiger partial charge on any atom is 0.165 e. The predicted molar refractivity (Wildman–Crippen MR) is 81.7 cm³/mol. The summed E-state index contributed by atoms with van der Waals surface area (Å²) in [4.78, 5) is 15.3. The summed E-state index contributed by atoms with van der Waals surface area (Å²) in [5.74, 6) is 1.44. The number of fused-ring (bicyclic) bond motifs is 1. The Hall–Kier alpha value is -1.69. The molecule has 0 unspecified atom stereocenters. The highest BCUT2D eigenvalue weighted by Gasteiger charge is 2.33. The van der Waals surface area contributed by atoms with E-state index in [0.29, 0.717) is 5.82 Å². The molecule has 0 saturated heterocycles. The molecule has 2 aliphatic rings. The Kier molecular flexibility index (Phi) is 3.25. The van der Waals surface area contributed by atoms with Crippen molar-refractivity contribution in [2.45, 2.75) is 44.7 Å². The zero-order valence-corrected chi connectivity index (χ0v) is 12.3. The molecule has 0 bridgehead atoms. The van der Waals surface area contributed by atoms with Gasteiger partial charge in [0.25, 0.3) is 0 Å². The van der Waals surface area contributed by atoms with Gasteiger partial charge in [0.05, 0.1) is 6.33 Å². The zero-order valence-electron chi connectivity index (χ0n) is 12.3. The number of nitrogens with zero attached hydrogens (tertiary/aromatic N) is 5. The summed E-state index contributed by atoms with van der Waals surface area (Å²) in [6, 6.07) is 0.864. The summed E-state index contributed by atoms with van der Waals surface area (Å²) in [5.41, 5.74) is 7.39. The fraction of sp³-hybridized carbons (Fsp3) is 0.667. The molecule has 0 aromatic carbocycles. The fourth-order valence-electron chi connectivity index (χ4n) is 3.00. The summed E-state index contributed by atoms with van der Waals surface area (Å²) in [7, 11) is 0. The van der Waals surface area contributed by atoms with Crippen LogP contribution in [0.3, 0.4) is 0 Å². The highest BCUT2D eigenvalue weighted by atomic mass is 15.2. The summed E-state index contributed by atoms with van der Waals surface area (Å²) < 4.78 is 2.09. The third kappa shape index (κ3) is 2.85. The molecule has 2 aromatic heterocycles. The van der Waals surface area contributed by atoms with Crippen LogP contribution in [-0.2, 0) is 6.54 Å². The van der Waals surface area contributed by atoms with Crippen molar-refractivity contribution in [2.24, 2.45) is 5.92 Å². The molecule has 2 fully saturated rings. The predicted octanol–water partition coefficient (Wildman–Crippen LogP) is 1.67. The Morgan fingerprint density at radius 1 is 1.19 bits per heavy atom. The van der Waals surface area contributed by atoms with Gasteiger partial charge in [-0.15, -0.1) is 0 Å². The number of imidazole rings is 1. The van der Waals surface area contributed by atoms with Crippen LogP contribution in [-0.4, -0.2) is 43.6 Å². The number of aromatic nitrogens is 4. The van der Waals surface area contributed by atoms with Crippen molar-refractivity contribution in [1.29, 1.82) is 0 Å². The second-order valence-corrected chi connectivity index (χ2v) is 6.39. The lowest BCUT2D eigenvalue weighted by molar-refractivity contribution is 0.245. The Morgan fingerprint density at radius 3 is 2.81 bits per heavy atom. The molecule has 0 atom stereocenters. The summed E-state index contributed by atoms with van der Waals surface area (Å²) >= 11 is 0. The van der Waals surface area contributed by atoms with Crippen LogP contribution in [0.4, 0.5) is 5.82 Å². The third-order valence-electron chi connectivity index (χ3n) is 4.53. The van der Waals surface area contributed by atoms with Gasteiger partial charge in [0, 0.05) is 25.7 Å². The van der Waals surface area contributed by atoms with E-state index in [2.05, 4.69) is 24.4 Å². The second-order valence-electron chi connectivity index (χ2n) is 6.39. The summed E-state index contributed by atoms with van der Waals surface area (Å²) in [5, 5.41) is 0. The van der Waals surface area contributed by atoms with Gasteiger partial charge in [0.2, 0.25) is 0 Å². The molecular formula is C15H22N6.